The molecule has 2 rings (SSSR count). The summed E-state index contributed by atoms with van der Waals surface area (Å²) in [5.74, 6) is 0.738. The highest BCUT2D eigenvalue weighted by Gasteiger charge is 2.34. The van der Waals surface area contributed by atoms with Gasteiger partial charge in [-0.15, -0.1) is 0 Å². The van der Waals surface area contributed by atoms with Crippen molar-refractivity contribution in [1.29, 1.82) is 0 Å². The summed E-state index contributed by atoms with van der Waals surface area (Å²) in [5, 5.41) is 0. The average molecular weight is 336 g/mol. The SMILES string of the molecule is COS(=O)(=O)CCCC=CCC1CCC(=O)C1c1ccccc1. The maximum Gasteiger partial charge on any atom is 0.267 e. The summed E-state index contributed by atoms with van der Waals surface area (Å²) in [6.45, 7) is 0. The average Bonchev–Trinajstić information content (AvgIpc) is 2.92. The van der Waals surface area contributed by atoms with Crippen LogP contribution >= 0.6 is 0 Å². The smallest absolute Gasteiger partial charge is 0.267 e. The molecule has 0 saturated heterocycles. The predicted octanol–water partition coefficient (Wildman–Crippen LogP) is 3.45. The first kappa shape index (κ1) is 17.9. The van der Waals surface area contributed by atoms with Crippen LogP contribution in [-0.4, -0.2) is 27.1 Å². The fourth-order valence-corrected chi connectivity index (χ4v) is 3.82. The molecule has 0 aromatic heterocycles. The molecule has 0 amide bonds. The summed E-state index contributed by atoms with van der Waals surface area (Å²) in [6.07, 6.45) is 7.81. The van der Waals surface area contributed by atoms with Crippen LogP contribution in [0.3, 0.4) is 0 Å². The third-order valence-corrected chi connectivity index (χ3v) is 5.66. The summed E-state index contributed by atoms with van der Waals surface area (Å²) in [6, 6.07) is 9.97. The van der Waals surface area contributed by atoms with Crippen LogP contribution in [0.5, 0.6) is 0 Å². The summed E-state index contributed by atoms with van der Waals surface area (Å²) in [4.78, 5) is 12.2. The van der Waals surface area contributed by atoms with E-state index in [0.717, 1.165) is 18.4 Å². The van der Waals surface area contributed by atoms with E-state index in [1.807, 2.05) is 36.4 Å². The molecule has 0 aliphatic heterocycles. The molecule has 1 saturated carbocycles. The van der Waals surface area contributed by atoms with Crippen LogP contribution in [0.2, 0.25) is 0 Å². The van der Waals surface area contributed by atoms with E-state index in [-0.39, 0.29) is 11.7 Å². The van der Waals surface area contributed by atoms with Crippen molar-refractivity contribution in [3.05, 3.63) is 48.0 Å². The maximum atomic E-state index is 12.2. The van der Waals surface area contributed by atoms with E-state index >= 15 is 0 Å². The second-order valence-electron chi connectivity index (χ2n) is 5.93. The molecule has 5 heteroatoms. The Kier molecular flexibility index (Phi) is 6.54. The Bertz CT molecular complexity index is 634. The predicted molar refractivity (Wildman–Crippen MR) is 90.7 cm³/mol. The quantitative estimate of drug-likeness (QED) is 0.414. The van der Waals surface area contributed by atoms with Crippen molar-refractivity contribution in [2.75, 3.05) is 12.9 Å². The van der Waals surface area contributed by atoms with E-state index in [9.17, 15) is 13.2 Å². The van der Waals surface area contributed by atoms with Crippen LogP contribution in [-0.2, 0) is 19.1 Å². The van der Waals surface area contributed by atoms with Gasteiger partial charge in [0.1, 0.15) is 5.78 Å². The molecule has 126 valence electrons. The molecule has 1 aliphatic carbocycles. The molecular formula is C18H24O4S. The molecule has 0 N–H and O–H groups in total. The van der Waals surface area contributed by atoms with Gasteiger partial charge in [0.05, 0.1) is 12.9 Å². The first-order chi connectivity index (χ1) is 11.0. The molecule has 23 heavy (non-hydrogen) atoms. The normalized spacial score (nSPS) is 22.0. The van der Waals surface area contributed by atoms with E-state index in [0.29, 0.717) is 31.0 Å². The lowest BCUT2D eigenvalue weighted by Gasteiger charge is -2.17. The topological polar surface area (TPSA) is 60.4 Å². The first-order valence-electron chi connectivity index (χ1n) is 8.04. The van der Waals surface area contributed by atoms with Crippen molar-refractivity contribution in [3.63, 3.8) is 0 Å². The molecule has 0 spiro atoms. The zero-order valence-corrected chi connectivity index (χ0v) is 14.3. The largest absolute Gasteiger partial charge is 0.299 e. The number of carbonyl (C=O) groups is 1. The van der Waals surface area contributed by atoms with Crippen LogP contribution in [0.1, 0.15) is 43.6 Å². The van der Waals surface area contributed by atoms with Gasteiger partial charge in [0.25, 0.3) is 10.1 Å². The minimum absolute atomic E-state index is 0.00900. The van der Waals surface area contributed by atoms with Crippen LogP contribution in [0, 0.1) is 5.92 Å². The Morgan fingerprint density at radius 3 is 2.65 bits per heavy atom. The highest BCUT2D eigenvalue weighted by Crippen LogP contribution is 2.39. The summed E-state index contributed by atoms with van der Waals surface area (Å²) >= 11 is 0. The Morgan fingerprint density at radius 2 is 1.96 bits per heavy atom. The van der Waals surface area contributed by atoms with Gasteiger partial charge in [0.15, 0.2) is 0 Å². The van der Waals surface area contributed by atoms with Gasteiger partial charge in [-0.05, 0) is 37.2 Å². The second kappa shape index (κ2) is 8.41. The molecule has 2 atom stereocenters. The lowest BCUT2D eigenvalue weighted by atomic mass is 9.86. The number of benzene rings is 1. The molecule has 0 radical (unpaired) electrons. The van der Waals surface area contributed by atoms with E-state index in [1.54, 1.807) is 0 Å². The molecule has 4 nitrogen and oxygen atoms in total. The highest BCUT2D eigenvalue weighted by molar-refractivity contribution is 7.86. The van der Waals surface area contributed by atoms with Gasteiger partial charge in [-0.2, -0.15) is 8.42 Å². The first-order valence-corrected chi connectivity index (χ1v) is 9.62. The molecule has 1 aliphatic rings. The molecule has 1 aromatic carbocycles. The van der Waals surface area contributed by atoms with Gasteiger partial charge in [0, 0.05) is 12.3 Å². The van der Waals surface area contributed by atoms with Crippen molar-refractivity contribution in [2.24, 2.45) is 5.92 Å². The van der Waals surface area contributed by atoms with Crippen molar-refractivity contribution in [1.82, 2.24) is 0 Å². The van der Waals surface area contributed by atoms with Gasteiger partial charge >= 0.3 is 0 Å². The molecule has 0 heterocycles. The standard InChI is InChI=1S/C18H24O4S/c1-22-23(20,21)14-8-3-2-5-11-16-12-13-17(19)18(16)15-9-6-4-7-10-15/h2,4-7,9-10,16,18H,3,8,11-14H2,1H3. The zero-order valence-electron chi connectivity index (χ0n) is 13.5. The Morgan fingerprint density at radius 1 is 1.22 bits per heavy atom. The van der Waals surface area contributed by atoms with E-state index in [4.69, 9.17) is 0 Å². The number of hydrogen-bond donors (Lipinski definition) is 0. The van der Waals surface area contributed by atoms with Crippen molar-refractivity contribution in [2.45, 2.75) is 38.0 Å². The van der Waals surface area contributed by atoms with Crippen LogP contribution in [0.4, 0.5) is 0 Å². The zero-order chi connectivity index (χ0) is 16.7. The van der Waals surface area contributed by atoms with Crippen molar-refractivity contribution in [3.8, 4) is 0 Å². The lowest BCUT2D eigenvalue weighted by molar-refractivity contribution is -0.118. The summed E-state index contributed by atoms with van der Waals surface area (Å²) in [5.41, 5.74) is 1.11. The Hall–Kier alpha value is -1.46. The van der Waals surface area contributed by atoms with Crippen molar-refractivity contribution < 1.29 is 17.4 Å². The van der Waals surface area contributed by atoms with Gasteiger partial charge in [-0.3, -0.25) is 8.98 Å². The fourth-order valence-electron chi connectivity index (χ4n) is 3.14. The molecule has 1 aromatic rings. The maximum absolute atomic E-state index is 12.2. The third-order valence-electron chi connectivity index (χ3n) is 4.36. The minimum atomic E-state index is -3.35. The molecule has 2 unspecified atom stereocenters. The third kappa shape index (κ3) is 5.29. The summed E-state index contributed by atoms with van der Waals surface area (Å²) in [7, 11) is -2.17. The van der Waals surface area contributed by atoms with Gasteiger partial charge in [0.2, 0.25) is 0 Å². The molecular weight excluding hydrogens is 312 g/mol. The number of rotatable bonds is 8. The number of ketones is 1. The Labute approximate surface area is 138 Å². The summed E-state index contributed by atoms with van der Waals surface area (Å²) < 4.78 is 26.8. The van der Waals surface area contributed by atoms with Crippen LogP contribution < -0.4 is 0 Å². The number of Topliss-reactive ketones (excluding diaryl/α,β-unsaturated/α-hetero) is 1. The number of carbonyl (C=O) groups excluding carboxylic acids is 1. The monoisotopic (exact) mass is 336 g/mol. The lowest BCUT2D eigenvalue weighted by Crippen LogP contribution is -2.12. The minimum Gasteiger partial charge on any atom is -0.299 e. The Balaban J connectivity index is 1.83. The van der Waals surface area contributed by atoms with Gasteiger partial charge in [-0.1, -0.05) is 42.5 Å². The van der Waals surface area contributed by atoms with Crippen molar-refractivity contribution >= 4 is 15.9 Å². The van der Waals surface area contributed by atoms with Gasteiger partial charge < -0.3 is 0 Å². The van der Waals surface area contributed by atoms with E-state index in [2.05, 4.69) is 10.3 Å². The fraction of sp³-hybridized carbons (Fsp3) is 0.500. The van der Waals surface area contributed by atoms with Crippen LogP contribution in [0.15, 0.2) is 42.5 Å². The van der Waals surface area contributed by atoms with Crippen LogP contribution in [0.25, 0.3) is 0 Å². The second-order valence-corrected chi connectivity index (χ2v) is 7.79. The molecule has 1 fully saturated rings. The van der Waals surface area contributed by atoms with E-state index in [1.165, 1.54) is 7.11 Å². The number of allylic oxidation sites excluding steroid dienone is 2. The molecule has 0 bridgehead atoms. The van der Waals surface area contributed by atoms with Gasteiger partial charge in [-0.25, -0.2) is 0 Å². The number of hydrogen-bond acceptors (Lipinski definition) is 4. The van der Waals surface area contributed by atoms with E-state index < -0.39 is 10.1 Å². The number of unbranched alkanes of at least 4 members (excludes halogenated alkanes) is 1. The highest BCUT2D eigenvalue weighted by atomic mass is 32.2.